The summed E-state index contributed by atoms with van der Waals surface area (Å²) < 4.78 is 0. The number of phenolic OH excluding ortho intramolecular Hbond substituents is 2. The molecule has 0 spiro atoms. The maximum Gasteiger partial charge on any atom is 0.240 e. The van der Waals surface area contributed by atoms with Gasteiger partial charge in [0.05, 0.1) is 6.21 Å². The highest BCUT2D eigenvalue weighted by atomic mass is 16.3. The van der Waals surface area contributed by atoms with E-state index in [4.69, 9.17) is 0 Å². The van der Waals surface area contributed by atoms with Gasteiger partial charge in [0.25, 0.3) is 0 Å². The lowest BCUT2D eigenvalue weighted by Gasteiger charge is -2.28. The molecule has 0 saturated heterocycles. The SMILES string of the molecule is CC(C)(C)c1cc(CCC(=O)NN=Cc2ccc(O)cc2)cc(C(C)(C)C)c1O. The number of aryl methyl sites for hydroxylation is 1. The number of aromatic hydroxyl groups is 2. The second-order valence-electron chi connectivity index (χ2n) is 9.42. The number of hydrogen-bond donors (Lipinski definition) is 3. The predicted molar refractivity (Wildman–Crippen MR) is 118 cm³/mol. The van der Waals surface area contributed by atoms with E-state index in [0.717, 1.165) is 22.3 Å². The van der Waals surface area contributed by atoms with Gasteiger partial charge in [-0.2, -0.15) is 5.10 Å². The second-order valence-corrected chi connectivity index (χ2v) is 9.42. The van der Waals surface area contributed by atoms with Crippen LogP contribution in [0.5, 0.6) is 11.5 Å². The van der Waals surface area contributed by atoms with Crippen LogP contribution in [0, 0.1) is 0 Å². The van der Waals surface area contributed by atoms with Gasteiger partial charge in [0.2, 0.25) is 5.91 Å². The van der Waals surface area contributed by atoms with Crippen LogP contribution < -0.4 is 5.43 Å². The van der Waals surface area contributed by atoms with Gasteiger partial charge in [0.1, 0.15) is 11.5 Å². The fraction of sp³-hybridized carbons (Fsp3) is 0.417. The molecule has 156 valence electrons. The van der Waals surface area contributed by atoms with Crippen molar-refractivity contribution in [3.05, 3.63) is 58.7 Å². The van der Waals surface area contributed by atoms with E-state index in [1.54, 1.807) is 24.3 Å². The second kappa shape index (κ2) is 8.68. The molecule has 0 bridgehead atoms. The van der Waals surface area contributed by atoms with Crippen molar-refractivity contribution in [1.82, 2.24) is 5.43 Å². The minimum atomic E-state index is -0.198. The van der Waals surface area contributed by atoms with E-state index >= 15 is 0 Å². The van der Waals surface area contributed by atoms with Crippen LogP contribution in [0.2, 0.25) is 0 Å². The molecule has 2 rings (SSSR count). The Morgan fingerprint density at radius 2 is 1.48 bits per heavy atom. The molecule has 5 nitrogen and oxygen atoms in total. The summed E-state index contributed by atoms with van der Waals surface area (Å²) in [6, 6.07) is 10.5. The first-order valence-corrected chi connectivity index (χ1v) is 9.85. The first-order valence-electron chi connectivity index (χ1n) is 9.85. The number of amides is 1. The standard InChI is InChI=1S/C24H32N2O3/c1-23(2,3)19-13-17(14-20(22(19)29)24(4,5)6)9-12-21(28)26-25-15-16-7-10-18(27)11-8-16/h7-8,10-11,13-15,27,29H,9,12H2,1-6H3,(H,26,28). The van der Waals surface area contributed by atoms with Crippen molar-refractivity contribution in [2.75, 3.05) is 0 Å². The van der Waals surface area contributed by atoms with Crippen LogP contribution in [-0.2, 0) is 22.0 Å². The van der Waals surface area contributed by atoms with Crippen molar-refractivity contribution >= 4 is 12.1 Å². The van der Waals surface area contributed by atoms with Gasteiger partial charge in [0, 0.05) is 6.42 Å². The predicted octanol–water partition coefficient (Wildman–Crippen LogP) is 4.78. The average molecular weight is 397 g/mol. The zero-order chi connectivity index (χ0) is 21.8. The third-order valence-electron chi connectivity index (χ3n) is 4.72. The number of benzene rings is 2. The summed E-state index contributed by atoms with van der Waals surface area (Å²) in [6.45, 7) is 12.4. The van der Waals surface area contributed by atoms with E-state index in [2.05, 4.69) is 52.1 Å². The highest BCUT2D eigenvalue weighted by Gasteiger charge is 2.26. The molecule has 0 aliphatic rings. The number of phenols is 2. The summed E-state index contributed by atoms with van der Waals surface area (Å²) in [5, 5.41) is 24.0. The van der Waals surface area contributed by atoms with Crippen molar-refractivity contribution in [1.29, 1.82) is 0 Å². The molecule has 0 radical (unpaired) electrons. The Hall–Kier alpha value is -2.82. The molecule has 0 fully saturated rings. The lowest BCUT2D eigenvalue weighted by Crippen LogP contribution is -2.20. The fourth-order valence-corrected chi connectivity index (χ4v) is 3.03. The third kappa shape index (κ3) is 6.34. The van der Waals surface area contributed by atoms with Crippen LogP contribution in [0.4, 0.5) is 0 Å². The topological polar surface area (TPSA) is 81.9 Å². The smallest absolute Gasteiger partial charge is 0.240 e. The molecule has 0 saturated carbocycles. The van der Waals surface area contributed by atoms with Crippen molar-refractivity contribution in [2.24, 2.45) is 5.10 Å². The quantitative estimate of drug-likeness (QED) is 0.503. The van der Waals surface area contributed by atoms with E-state index in [-0.39, 0.29) is 22.5 Å². The van der Waals surface area contributed by atoms with Crippen molar-refractivity contribution < 1.29 is 15.0 Å². The van der Waals surface area contributed by atoms with Crippen LogP contribution in [0.3, 0.4) is 0 Å². The number of nitrogens with one attached hydrogen (secondary N) is 1. The van der Waals surface area contributed by atoms with Crippen LogP contribution in [0.1, 0.15) is 70.2 Å². The Kier molecular flexibility index (Phi) is 6.73. The molecule has 5 heteroatoms. The minimum Gasteiger partial charge on any atom is -0.508 e. The summed E-state index contributed by atoms with van der Waals surface area (Å²) in [6.07, 6.45) is 2.39. The summed E-state index contributed by atoms with van der Waals surface area (Å²) >= 11 is 0. The number of hydrogen-bond acceptors (Lipinski definition) is 4. The van der Waals surface area contributed by atoms with Crippen LogP contribution in [-0.4, -0.2) is 22.3 Å². The maximum atomic E-state index is 12.2. The molecule has 0 aromatic heterocycles. The van der Waals surface area contributed by atoms with Crippen LogP contribution in [0.15, 0.2) is 41.5 Å². The highest BCUT2D eigenvalue weighted by molar-refractivity contribution is 5.82. The Morgan fingerprint density at radius 3 is 1.97 bits per heavy atom. The molecule has 1 amide bonds. The molecule has 0 aliphatic heterocycles. The molecular weight excluding hydrogens is 364 g/mol. The number of rotatable bonds is 5. The first kappa shape index (κ1) is 22.5. The molecule has 2 aromatic carbocycles. The van der Waals surface area contributed by atoms with Crippen LogP contribution >= 0.6 is 0 Å². The van der Waals surface area contributed by atoms with E-state index in [0.29, 0.717) is 18.6 Å². The van der Waals surface area contributed by atoms with Crippen molar-refractivity contribution in [2.45, 2.75) is 65.2 Å². The Bertz CT molecular complexity index is 851. The van der Waals surface area contributed by atoms with E-state index in [1.165, 1.54) is 6.21 Å². The zero-order valence-electron chi connectivity index (χ0n) is 18.2. The molecule has 0 heterocycles. The maximum absolute atomic E-state index is 12.2. The van der Waals surface area contributed by atoms with Crippen molar-refractivity contribution in [3.8, 4) is 11.5 Å². The molecule has 0 unspecified atom stereocenters. The number of hydrazone groups is 1. The minimum absolute atomic E-state index is 0.178. The van der Waals surface area contributed by atoms with Gasteiger partial charge in [-0.3, -0.25) is 4.79 Å². The molecule has 3 N–H and O–H groups in total. The van der Waals surface area contributed by atoms with Gasteiger partial charge in [0.15, 0.2) is 0 Å². The summed E-state index contributed by atoms with van der Waals surface area (Å²) in [7, 11) is 0. The Labute approximate surface area is 173 Å². The fourth-order valence-electron chi connectivity index (χ4n) is 3.03. The molecule has 2 aromatic rings. The van der Waals surface area contributed by atoms with Gasteiger partial charge in [-0.05, 0) is 63.8 Å². The Morgan fingerprint density at radius 1 is 0.966 bits per heavy atom. The first-order chi connectivity index (χ1) is 13.4. The Balaban J connectivity index is 2.09. The van der Waals surface area contributed by atoms with Gasteiger partial charge in [-0.1, -0.05) is 53.7 Å². The molecular formula is C24H32N2O3. The zero-order valence-corrected chi connectivity index (χ0v) is 18.2. The largest absolute Gasteiger partial charge is 0.508 e. The third-order valence-corrected chi connectivity index (χ3v) is 4.72. The molecule has 0 atom stereocenters. The van der Waals surface area contributed by atoms with Gasteiger partial charge < -0.3 is 10.2 Å². The molecule has 29 heavy (non-hydrogen) atoms. The number of carbonyl (C=O) groups is 1. The summed E-state index contributed by atoms with van der Waals surface area (Å²) in [5.74, 6) is 0.351. The number of nitrogens with zero attached hydrogens (tertiary/aromatic N) is 1. The van der Waals surface area contributed by atoms with Crippen LogP contribution in [0.25, 0.3) is 0 Å². The lowest BCUT2D eigenvalue weighted by atomic mass is 9.78. The van der Waals surface area contributed by atoms with E-state index < -0.39 is 0 Å². The van der Waals surface area contributed by atoms with E-state index in [9.17, 15) is 15.0 Å². The van der Waals surface area contributed by atoms with Gasteiger partial charge in [-0.15, -0.1) is 0 Å². The lowest BCUT2D eigenvalue weighted by molar-refractivity contribution is -0.121. The monoisotopic (exact) mass is 396 g/mol. The average Bonchev–Trinajstić information content (AvgIpc) is 2.60. The van der Waals surface area contributed by atoms with Crippen molar-refractivity contribution in [3.63, 3.8) is 0 Å². The summed E-state index contributed by atoms with van der Waals surface area (Å²) in [5.41, 5.74) is 5.74. The number of carbonyl (C=O) groups excluding carboxylic acids is 1. The van der Waals surface area contributed by atoms with Gasteiger partial charge >= 0.3 is 0 Å². The van der Waals surface area contributed by atoms with Gasteiger partial charge in [-0.25, -0.2) is 5.43 Å². The van der Waals surface area contributed by atoms with E-state index in [1.807, 2.05) is 12.1 Å². The molecule has 0 aliphatic carbocycles. The normalized spacial score (nSPS) is 12.3. The highest BCUT2D eigenvalue weighted by Crippen LogP contribution is 2.39. The summed E-state index contributed by atoms with van der Waals surface area (Å²) in [4.78, 5) is 12.2.